The third kappa shape index (κ3) is 3.26. The summed E-state index contributed by atoms with van der Waals surface area (Å²) in [4.78, 5) is 0. The Kier molecular flexibility index (Phi) is 3.76. The van der Waals surface area contributed by atoms with Crippen molar-refractivity contribution in [2.45, 2.75) is 38.2 Å². The first-order valence-electron chi connectivity index (χ1n) is 4.46. The van der Waals surface area contributed by atoms with Crippen molar-refractivity contribution in [1.82, 2.24) is 0 Å². The number of hydrogen-bond donors (Lipinski definition) is 0. The average molecular weight is 192 g/mol. The molecule has 0 unspecified atom stereocenters. The molecule has 1 fully saturated rings. The van der Waals surface area contributed by atoms with Gasteiger partial charge in [0.25, 0.3) is 0 Å². The van der Waals surface area contributed by atoms with E-state index in [2.05, 4.69) is 0 Å². The molecule has 0 aliphatic heterocycles. The molecule has 0 aromatic carbocycles. The molecule has 0 bridgehead atoms. The second-order valence-electron chi connectivity index (χ2n) is 3.32. The molecule has 3 nitrogen and oxygen atoms in total. The average Bonchev–Trinajstić information content (AvgIpc) is 2.06. The van der Waals surface area contributed by atoms with Crippen LogP contribution in [-0.4, -0.2) is 19.9 Å². The van der Waals surface area contributed by atoms with Gasteiger partial charge >= 0.3 is 7.60 Å². The first kappa shape index (κ1) is 10.2. The molecule has 0 N–H and O–H groups in total. The van der Waals surface area contributed by atoms with Crippen LogP contribution < -0.4 is 0 Å². The molecule has 0 aromatic rings. The summed E-state index contributed by atoms with van der Waals surface area (Å²) in [5.41, 5.74) is 0. The van der Waals surface area contributed by atoms with Crippen molar-refractivity contribution in [3.05, 3.63) is 0 Å². The molecule has 72 valence electrons. The molecule has 0 saturated heterocycles. The summed E-state index contributed by atoms with van der Waals surface area (Å²) in [5, 5.41) is 0. The van der Waals surface area contributed by atoms with Crippen molar-refractivity contribution in [2.24, 2.45) is 0 Å². The molecule has 1 aliphatic rings. The van der Waals surface area contributed by atoms with Crippen LogP contribution in [0.15, 0.2) is 0 Å². The molecule has 0 aromatic heterocycles. The SMILES string of the molecule is CO[P@@](C)(=O)OC1CCCCC1. The van der Waals surface area contributed by atoms with E-state index in [1.165, 1.54) is 33.0 Å². The van der Waals surface area contributed by atoms with E-state index in [0.717, 1.165) is 12.8 Å². The maximum atomic E-state index is 11.4. The van der Waals surface area contributed by atoms with Gasteiger partial charge in [-0.25, -0.2) is 0 Å². The summed E-state index contributed by atoms with van der Waals surface area (Å²) in [6, 6.07) is 0. The zero-order valence-corrected chi connectivity index (χ0v) is 8.68. The van der Waals surface area contributed by atoms with E-state index in [1.807, 2.05) is 0 Å². The Balaban J connectivity index is 2.34. The normalized spacial score (nSPS) is 25.2. The molecule has 1 rings (SSSR count). The Morgan fingerprint density at radius 1 is 1.25 bits per heavy atom. The highest BCUT2D eigenvalue weighted by atomic mass is 31.2. The lowest BCUT2D eigenvalue weighted by Gasteiger charge is -2.24. The Labute approximate surface area is 74.0 Å². The smallest absolute Gasteiger partial charge is 0.312 e. The van der Waals surface area contributed by atoms with Crippen molar-refractivity contribution in [3.63, 3.8) is 0 Å². The van der Waals surface area contributed by atoms with Gasteiger partial charge in [-0.1, -0.05) is 19.3 Å². The lowest BCUT2D eigenvalue weighted by atomic mass is 9.98. The van der Waals surface area contributed by atoms with Crippen LogP contribution in [0.5, 0.6) is 0 Å². The fourth-order valence-electron chi connectivity index (χ4n) is 1.48. The highest BCUT2D eigenvalue weighted by molar-refractivity contribution is 7.52. The molecular weight excluding hydrogens is 175 g/mol. The van der Waals surface area contributed by atoms with Crippen LogP contribution >= 0.6 is 7.60 Å². The van der Waals surface area contributed by atoms with Gasteiger partial charge in [0.15, 0.2) is 0 Å². The highest BCUT2D eigenvalue weighted by Gasteiger charge is 2.23. The molecule has 12 heavy (non-hydrogen) atoms. The van der Waals surface area contributed by atoms with Crippen molar-refractivity contribution >= 4 is 7.60 Å². The van der Waals surface area contributed by atoms with Gasteiger partial charge in [0.2, 0.25) is 0 Å². The summed E-state index contributed by atoms with van der Waals surface area (Å²) in [5.74, 6) is 0. The summed E-state index contributed by atoms with van der Waals surface area (Å²) in [7, 11) is -1.31. The predicted molar refractivity (Wildman–Crippen MR) is 48.5 cm³/mol. The highest BCUT2D eigenvalue weighted by Crippen LogP contribution is 2.46. The number of rotatable bonds is 3. The van der Waals surface area contributed by atoms with Crippen molar-refractivity contribution < 1.29 is 13.6 Å². The van der Waals surface area contributed by atoms with E-state index >= 15 is 0 Å². The molecule has 0 heterocycles. The fourth-order valence-corrected chi connectivity index (χ4v) is 2.32. The quantitative estimate of drug-likeness (QED) is 0.645. The molecule has 0 amide bonds. The Morgan fingerprint density at radius 3 is 2.33 bits per heavy atom. The van der Waals surface area contributed by atoms with Crippen molar-refractivity contribution in [3.8, 4) is 0 Å². The number of hydrogen-bond acceptors (Lipinski definition) is 3. The predicted octanol–water partition coefficient (Wildman–Crippen LogP) is 2.81. The molecular formula is C8H17O3P. The fraction of sp³-hybridized carbons (Fsp3) is 1.00. The summed E-state index contributed by atoms with van der Waals surface area (Å²) in [6.07, 6.45) is 5.88. The Bertz CT molecular complexity index is 175. The molecule has 1 atom stereocenters. The van der Waals surface area contributed by atoms with Crippen LogP contribution in [0, 0.1) is 0 Å². The van der Waals surface area contributed by atoms with E-state index in [4.69, 9.17) is 9.05 Å². The zero-order valence-electron chi connectivity index (χ0n) is 7.78. The minimum absolute atomic E-state index is 0.162. The van der Waals surface area contributed by atoms with Crippen LogP contribution in [-0.2, 0) is 13.6 Å². The van der Waals surface area contributed by atoms with Gasteiger partial charge in [0, 0.05) is 13.8 Å². The van der Waals surface area contributed by atoms with Gasteiger partial charge < -0.3 is 9.05 Å². The Morgan fingerprint density at radius 2 is 1.83 bits per heavy atom. The van der Waals surface area contributed by atoms with Crippen LogP contribution in [0.3, 0.4) is 0 Å². The molecule has 1 aliphatic carbocycles. The van der Waals surface area contributed by atoms with Gasteiger partial charge in [-0.15, -0.1) is 0 Å². The second-order valence-corrected chi connectivity index (χ2v) is 5.44. The summed E-state index contributed by atoms with van der Waals surface area (Å²) in [6.45, 7) is 1.53. The first-order chi connectivity index (χ1) is 5.64. The third-order valence-corrected chi connectivity index (χ3v) is 3.57. The van der Waals surface area contributed by atoms with E-state index < -0.39 is 7.60 Å². The van der Waals surface area contributed by atoms with E-state index in [1.54, 1.807) is 0 Å². The maximum absolute atomic E-state index is 11.4. The molecule has 0 spiro atoms. The van der Waals surface area contributed by atoms with Crippen LogP contribution in [0.2, 0.25) is 0 Å². The molecule has 0 radical (unpaired) electrons. The minimum atomic E-state index is -2.74. The van der Waals surface area contributed by atoms with Crippen LogP contribution in [0.4, 0.5) is 0 Å². The topological polar surface area (TPSA) is 35.5 Å². The van der Waals surface area contributed by atoms with E-state index in [9.17, 15) is 4.57 Å². The van der Waals surface area contributed by atoms with E-state index in [-0.39, 0.29) is 6.10 Å². The molecule has 4 heteroatoms. The summed E-state index contributed by atoms with van der Waals surface area (Å²) < 4.78 is 21.5. The van der Waals surface area contributed by atoms with Gasteiger partial charge in [0.05, 0.1) is 6.10 Å². The lowest BCUT2D eigenvalue weighted by Crippen LogP contribution is -2.15. The van der Waals surface area contributed by atoms with Gasteiger partial charge in [-0.05, 0) is 12.8 Å². The van der Waals surface area contributed by atoms with Gasteiger partial charge in [0.1, 0.15) is 0 Å². The largest absolute Gasteiger partial charge is 0.327 e. The van der Waals surface area contributed by atoms with Gasteiger partial charge in [-0.2, -0.15) is 0 Å². The van der Waals surface area contributed by atoms with E-state index in [0.29, 0.717) is 0 Å². The second kappa shape index (κ2) is 4.40. The standard InChI is InChI=1S/C8H17O3P/c1-10-12(2,9)11-8-6-4-3-5-7-8/h8H,3-7H2,1-2H3/t12-/m1/s1. The van der Waals surface area contributed by atoms with Crippen LogP contribution in [0.1, 0.15) is 32.1 Å². The van der Waals surface area contributed by atoms with Crippen molar-refractivity contribution in [1.29, 1.82) is 0 Å². The zero-order chi connectivity index (χ0) is 9.03. The monoisotopic (exact) mass is 192 g/mol. The molecule has 1 saturated carbocycles. The van der Waals surface area contributed by atoms with Gasteiger partial charge in [-0.3, -0.25) is 4.57 Å². The van der Waals surface area contributed by atoms with Crippen molar-refractivity contribution in [2.75, 3.05) is 13.8 Å². The van der Waals surface area contributed by atoms with Crippen LogP contribution in [0.25, 0.3) is 0 Å². The Hall–Kier alpha value is 0.150. The summed E-state index contributed by atoms with van der Waals surface area (Å²) >= 11 is 0. The first-order valence-corrected chi connectivity index (χ1v) is 6.45. The minimum Gasteiger partial charge on any atom is -0.312 e. The lowest BCUT2D eigenvalue weighted by molar-refractivity contribution is 0.129. The third-order valence-electron chi connectivity index (χ3n) is 2.22. The maximum Gasteiger partial charge on any atom is 0.327 e.